The van der Waals surface area contributed by atoms with Gasteiger partial charge in [-0.1, -0.05) is 96.3 Å². The molecule has 4 aromatic rings. The van der Waals surface area contributed by atoms with Crippen LogP contribution in [0.1, 0.15) is 102 Å². The molecular weight excluding hydrogens is 745 g/mol. The predicted octanol–water partition coefficient (Wildman–Crippen LogP) is 9.31. The van der Waals surface area contributed by atoms with Crippen molar-refractivity contribution in [1.82, 2.24) is 0 Å². The number of phenolic OH excluding ortho intramolecular Hbond substituents is 1. The van der Waals surface area contributed by atoms with Crippen LogP contribution < -0.4 is 14.6 Å². The fourth-order valence-corrected chi connectivity index (χ4v) is 6.66. The van der Waals surface area contributed by atoms with E-state index in [0.29, 0.717) is 30.1 Å². The topological polar surface area (TPSA) is 173 Å². The first-order valence-electron chi connectivity index (χ1n) is 17.9. The van der Waals surface area contributed by atoms with Gasteiger partial charge in [0.2, 0.25) is 0 Å². The summed E-state index contributed by atoms with van der Waals surface area (Å²) in [7, 11) is -8.90. The quantitative estimate of drug-likeness (QED) is 0.0499. The van der Waals surface area contributed by atoms with Crippen molar-refractivity contribution in [2.24, 2.45) is 0 Å². The van der Waals surface area contributed by atoms with Crippen molar-refractivity contribution in [2.75, 3.05) is 0 Å². The number of benzene rings is 4. The van der Waals surface area contributed by atoms with Crippen LogP contribution in [-0.4, -0.2) is 68.8 Å². The van der Waals surface area contributed by atoms with Gasteiger partial charge in [-0.05, 0) is 91.4 Å². The SMILES string of the molecule is CCCCCCCCc1cc(Oc2cccc(O)c2)cc(S(=O)(=O)O)c1.CCCCCCCCc1cc(Oc2cccc([O-])c2)cc(S(=O)(=O)[O-])c1.[Ca+2]. The first-order valence-corrected chi connectivity index (χ1v) is 20.7. The van der Waals surface area contributed by atoms with Gasteiger partial charge in [-0.15, -0.1) is 5.75 Å². The number of aryl methyl sites for hydroxylation is 2. The molecule has 0 bridgehead atoms. The van der Waals surface area contributed by atoms with E-state index in [9.17, 15) is 36.2 Å². The van der Waals surface area contributed by atoms with Crippen LogP contribution in [0.15, 0.2) is 94.7 Å². The van der Waals surface area contributed by atoms with Gasteiger partial charge in [0.15, 0.2) is 0 Å². The maximum absolute atomic E-state index is 11.6. The van der Waals surface area contributed by atoms with Crippen LogP contribution in [0.3, 0.4) is 0 Å². The van der Waals surface area contributed by atoms with Crippen LogP contribution in [0.4, 0.5) is 0 Å². The Labute approximate surface area is 345 Å². The van der Waals surface area contributed by atoms with Gasteiger partial charge in [0, 0.05) is 12.1 Å². The maximum atomic E-state index is 11.6. The molecule has 0 aliphatic carbocycles. The van der Waals surface area contributed by atoms with E-state index < -0.39 is 20.2 Å². The Bertz CT molecular complexity index is 1780. The summed E-state index contributed by atoms with van der Waals surface area (Å²) in [5.41, 5.74) is 1.54. The molecule has 53 heavy (non-hydrogen) atoms. The number of ether oxygens (including phenoxy) is 2. The van der Waals surface area contributed by atoms with Gasteiger partial charge in [0.05, 0.1) is 9.79 Å². The average Bonchev–Trinajstić information content (AvgIpc) is 3.07. The molecular formula is C40H50CaO10S2. The first kappa shape index (κ1) is 46.3. The third-order valence-electron chi connectivity index (χ3n) is 8.20. The summed E-state index contributed by atoms with van der Waals surface area (Å²) in [5.74, 6) is 1.11. The minimum atomic E-state index is -4.58. The zero-order valence-electron chi connectivity index (χ0n) is 30.7. The second-order valence-corrected chi connectivity index (χ2v) is 15.6. The van der Waals surface area contributed by atoms with Gasteiger partial charge in [-0.2, -0.15) is 8.42 Å². The number of hydrogen-bond donors (Lipinski definition) is 2. The second-order valence-electron chi connectivity index (χ2n) is 12.8. The zero-order chi connectivity index (χ0) is 38.0. The number of phenols is 1. The Morgan fingerprint density at radius 1 is 0.566 bits per heavy atom. The van der Waals surface area contributed by atoms with Crippen molar-refractivity contribution in [3.05, 3.63) is 96.1 Å². The first-order chi connectivity index (χ1) is 24.8. The third kappa shape index (κ3) is 18.4. The molecule has 2 N–H and O–H groups in total. The molecule has 13 heteroatoms. The fourth-order valence-electron chi connectivity index (χ4n) is 5.54. The smallest absolute Gasteiger partial charge is 0.872 e. The van der Waals surface area contributed by atoms with E-state index in [0.717, 1.165) is 43.2 Å². The van der Waals surface area contributed by atoms with Crippen LogP contribution in [0, 0.1) is 0 Å². The molecule has 0 aliphatic rings. The van der Waals surface area contributed by atoms with Crippen LogP contribution in [0.2, 0.25) is 0 Å². The standard InChI is InChI=1S/2C20H26O5S.Ca/c2*1-2-3-4-5-6-7-9-16-12-19(15-20(13-16)26(22,23)24)25-18-11-8-10-17(21)14-18;/h2*8,10-15,21H,2-7,9H2,1H3,(H,22,23,24);/q;;+2/p-2. The van der Waals surface area contributed by atoms with Gasteiger partial charge < -0.3 is 24.2 Å². The molecule has 0 saturated carbocycles. The monoisotopic (exact) mass is 794 g/mol. The molecule has 10 nitrogen and oxygen atoms in total. The number of unbranched alkanes of at least 4 members (excludes halogenated alkanes) is 10. The van der Waals surface area contributed by atoms with Crippen LogP contribution in [-0.2, 0) is 33.1 Å². The van der Waals surface area contributed by atoms with Crippen molar-refractivity contribution in [3.8, 4) is 34.5 Å². The zero-order valence-corrected chi connectivity index (χ0v) is 34.5. The van der Waals surface area contributed by atoms with E-state index in [-0.39, 0.29) is 64.8 Å². The summed E-state index contributed by atoms with van der Waals surface area (Å²) in [6.45, 7) is 4.34. The van der Waals surface area contributed by atoms with Crippen LogP contribution in [0.25, 0.3) is 0 Å². The molecule has 4 aromatic carbocycles. The summed E-state index contributed by atoms with van der Waals surface area (Å²) < 4.78 is 78.0. The molecule has 0 amide bonds. The van der Waals surface area contributed by atoms with Crippen molar-refractivity contribution in [1.29, 1.82) is 0 Å². The summed E-state index contributed by atoms with van der Waals surface area (Å²) in [6, 6.07) is 21.0. The van der Waals surface area contributed by atoms with Crippen LogP contribution in [0.5, 0.6) is 34.5 Å². The summed E-state index contributed by atoms with van der Waals surface area (Å²) in [5, 5.41) is 20.9. The van der Waals surface area contributed by atoms with E-state index >= 15 is 0 Å². The number of rotatable bonds is 20. The van der Waals surface area contributed by atoms with Gasteiger partial charge >= 0.3 is 37.7 Å². The molecule has 0 heterocycles. The van der Waals surface area contributed by atoms with Crippen molar-refractivity contribution >= 4 is 58.0 Å². The summed E-state index contributed by atoms with van der Waals surface area (Å²) >= 11 is 0. The Balaban J connectivity index is 0.000000360. The molecule has 4 rings (SSSR count). The van der Waals surface area contributed by atoms with Crippen LogP contribution >= 0.6 is 0 Å². The van der Waals surface area contributed by atoms with Gasteiger partial charge in [-0.25, -0.2) is 8.42 Å². The van der Waals surface area contributed by atoms with Crippen molar-refractivity contribution in [3.63, 3.8) is 0 Å². The predicted molar refractivity (Wildman–Crippen MR) is 205 cm³/mol. The molecule has 0 aromatic heterocycles. The Kier molecular flexibility index (Phi) is 20.8. The Morgan fingerprint density at radius 2 is 1.02 bits per heavy atom. The largest absolute Gasteiger partial charge is 2.00 e. The summed E-state index contributed by atoms with van der Waals surface area (Å²) in [4.78, 5) is -0.495. The average molecular weight is 795 g/mol. The number of aromatic hydroxyl groups is 1. The van der Waals surface area contributed by atoms with E-state index in [1.807, 2.05) is 0 Å². The molecule has 0 radical (unpaired) electrons. The van der Waals surface area contributed by atoms with Gasteiger partial charge in [0.1, 0.15) is 38.9 Å². The van der Waals surface area contributed by atoms with E-state index in [1.165, 1.54) is 93.5 Å². The third-order valence-corrected chi connectivity index (χ3v) is 9.84. The van der Waals surface area contributed by atoms with E-state index in [2.05, 4.69) is 13.8 Å². The van der Waals surface area contributed by atoms with E-state index in [4.69, 9.17) is 9.47 Å². The molecule has 0 spiro atoms. The maximum Gasteiger partial charge on any atom is 2.00 e. The minimum absolute atomic E-state index is 0. The molecule has 284 valence electrons. The fraction of sp³-hybridized carbons (Fsp3) is 0.400. The molecule has 0 aliphatic heterocycles. The normalized spacial score (nSPS) is 11.2. The minimum Gasteiger partial charge on any atom is -0.872 e. The van der Waals surface area contributed by atoms with Crippen molar-refractivity contribution < 1.29 is 45.6 Å². The Morgan fingerprint density at radius 3 is 1.49 bits per heavy atom. The number of hydrogen-bond acceptors (Lipinski definition) is 9. The van der Waals surface area contributed by atoms with Crippen molar-refractivity contribution in [2.45, 2.75) is 114 Å². The Hall–Kier alpha value is -2.84. The van der Waals surface area contributed by atoms with Gasteiger partial charge in [-0.3, -0.25) is 4.55 Å². The molecule has 0 fully saturated rings. The van der Waals surface area contributed by atoms with E-state index in [1.54, 1.807) is 36.4 Å². The molecule has 0 atom stereocenters. The molecule has 0 unspecified atom stereocenters. The second kappa shape index (κ2) is 23.8. The summed E-state index contributed by atoms with van der Waals surface area (Å²) in [6.07, 6.45) is 15.0. The molecule has 0 saturated heterocycles. The van der Waals surface area contributed by atoms with Gasteiger partial charge in [0.25, 0.3) is 10.1 Å².